The minimum Gasteiger partial charge on any atom is -0.495 e. The molecule has 5 nitrogen and oxygen atoms in total. The van der Waals surface area contributed by atoms with Gasteiger partial charge < -0.3 is 10.5 Å². The Labute approximate surface area is 108 Å². The molecule has 0 fully saturated rings. The number of benzene rings is 1. The van der Waals surface area contributed by atoms with Crippen molar-refractivity contribution >= 4 is 15.7 Å². The van der Waals surface area contributed by atoms with Gasteiger partial charge in [0.1, 0.15) is 10.6 Å². The fraction of sp³-hybridized carbons (Fsp3) is 0.333. The van der Waals surface area contributed by atoms with Gasteiger partial charge >= 0.3 is 0 Å². The van der Waals surface area contributed by atoms with Gasteiger partial charge in [-0.1, -0.05) is 6.08 Å². The van der Waals surface area contributed by atoms with Crippen molar-refractivity contribution in [3.8, 4) is 5.75 Å². The smallest absolute Gasteiger partial charge is 0.244 e. The molecule has 0 heterocycles. The van der Waals surface area contributed by atoms with Gasteiger partial charge in [0.2, 0.25) is 10.0 Å². The van der Waals surface area contributed by atoms with Crippen LogP contribution in [0.4, 0.5) is 5.69 Å². The zero-order valence-corrected chi connectivity index (χ0v) is 11.2. The third kappa shape index (κ3) is 3.75. The van der Waals surface area contributed by atoms with E-state index in [4.69, 9.17) is 10.5 Å². The summed E-state index contributed by atoms with van der Waals surface area (Å²) in [4.78, 5) is 0.0589. The summed E-state index contributed by atoms with van der Waals surface area (Å²) < 4.78 is 31.6. The van der Waals surface area contributed by atoms with Gasteiger partial charge in [0, 0.05) is 12.2 Å². The molecule has 0 aliphatic heterocycles. The van der Waals surface area contributed by atoms with Crippen molar-refractivity contribution in [1.82, 2.24) is 4.72 Å². The molecule has 100 valence electrons. The molecule has 3 N–H and O–H groups in total. The molecular weight excluding hydrogens is 252 g/mol. The van der Waals surface area contributed by atoms with E-state index in [0.29, 0.717) is 18.7 Å². The lowest BCUT2D eigenvalue weighted by Crippen LogP contribution is -2.25. The van der Waals surface area contributed by atoms with Crippen molar-refractivity contribution in [3.63, 3.8) is 0 Å². The van der Waals surface area contributed by atoms with Gasteiger partial charge in [0.05, 0.1) is 7.11 Å². The molecule has 0 bridgehead atoms. The molecule has 6 heteroatoms. The summed E-state index contributed by atoms with van der Waals surface area (Å²) in [5.74, 6) is 0.278. The lowest BCUT2D eigenvalue weighted by atomic mass is 10.3. The van der Waals surface area contributed by atoms with Gasteiger partial charge in [-0.15, -0.1) is 6.58 Å². The van der Waals surface area contributed by atoms with Crippen molar-refractivity contribution in [2.45, 2.75) is 17.7 Å². The number of nitrogens with one attached hydrogen (secondary N) is 1. The quantitative estimate of drug-likeness (QED) is 0.447. The van der Waals surface area contributed by atoms with Crippen LogP contribution in [0.3, 0.4) is 0 Å². The van der Waals surface area contributed by atoms with E-state index in [1.165, 1.54) is 19.2 Å². The molecule has 0 aromatic heterocycles. The first kappa shape index (κ1) is 14.5. The first-order valence-electron chi connectivity index (χ1n) is 5.55. The number of allylic oxidation sites excluding steroid dienone is 1. The highest BCUT2D eigenvalue weighted by molar-refractivity contribution is 7.89. The Morgan fingerprint density at radius 3 is 2.83 bits per heavy atom. The first-order valence-corrected chi connectivity index (χ1v) is 7.03. The molecule has 0 atom stereocenters. The second-order valence-electron chi connectivity index (χ2n) is 3.74. The predicted octanol–water partition coefficient (Wildman–Crippen LogP) is 1.52. The van der Waals surface area contributed by atoms with Crippen LogP contribution in [0, 0.1) is 0 Å². The number of anilines is 1. The van der Waals surface area contributed by atoms with Crippen LogP contribution in [0.2, 0.25) is 0 Å². The van der Waals surface area contributed by atoms with E-state index in [2.05, 4.69) is 11.3 Å². The SMILES string of the molecule is C=CCCCNS(=O)(=O)c1cc(N)ccc1OC. The second kappa shape index (κ2) is 6.42. The van der Waals surface area contributed by atoms with Crippen LogP contribution in [0.15, 0.2) is 35.7 Å². The van der Waals surface area contributed by atoms with E-state index in [1.807, 2.05) is 0 Å². The van der Waals surface area contributed by atoms with Crippen LogP contribution in [0.5, 0.6) is 5.75 Å². The minimum absolute atomic E-state index is 0.0589. The maximum atomic E-state index is 12.1. The highest BCUT2D eigenvalue weighted by Gasteiger charge is 2.18. The Balaban J connectivity index is 2.90. The molecule has 0 saturated heterocycles. The van der Waals surface area contributed by atoms with Crippen molar-refractivity contribution in [3.05, 3.63) is 30.9 Å². The Morgan fingerprint density at radius 1 is 1.50 bits per heavy atom. The Morgan fingerprint density at radius 2 is 2.22 bits per heavy atom. The van der Waals surface area contributed by atoms with E-state index in [-0.39, 0.29) is 10.6 Å². The van der Waals surface area contributed by atoms with E-state index in [1.54, 1.807) is 12.1 Å². The van der Waals surface area contributed by atoms with Crippen LogP contribution in [-0.4, -0.2) is 22.1 Å². The minimum atomic E-state index is -3.60. The van der Waals surface area contributed by atoms with E-state index in [0.717, 1.165) is 6.42 Å². The molecule has 1 rings (SSSR count). The average molecular weight is 270 g/mol. The maximum absolute atomic E-state index is 12.1. The summed E-state index contributed by atoms with van der Waals surface area (Å²) in [6, 6.07) is 4.51. The molecule has 0 saturated carbocycles. The zero-order valence-electron chi connectivity index (χ0n) is 10.3. The highest BCUT2D eigenvalue weighted by atomic mass is 32.2. The normalized spacial score (nSPS) is 11.2. The summed E-state index contributed by atoms with van der Waals surface area (Å²) in [7, 11) is -2.18. The Bertz CT molecular complexity index is 512. The molecule has 0 aliphatic rings. The number of nitrogen functional groups attached to an aromatic ring is 1. The van der Waals surface area contributed by atoms with Crippen LogP contribution in [0.1, 0.15) is 12.8 Å². The van der Waals surface area contributed by atoms with Crippen molar-refractivity contribution in [2.24, 2.45) is 0 Å². The van der Waals surface area contributed by atoms with Crippen LogP contribution in [-0.2, 0) is 10.0 Å². The van der Waals surface area contributed by atoms with Gasteiger partial charge in [0.25, 0.3) is 0 Å². The number of unbranched alkanes of at least 4 members (excludes halogenated alkanes) is 1. The summed E-state index contributed by atoms with van der Waals surface area (Å²) >= 11 is 0. The number of nitrogens with two attached hydrogens (primary N) is 1. The second-order valence-corrected chi connectivity index (χ2v) is 5.47. The Kier molecular flexibility index (Phi) is 5.18. The fourth-order valence-corrected chi connectivity index (χ4v) is 2.71. The number of rotatable bonds is 7. The maximum Gasteiger partial charge on any atom is 0.244 e. The molecule has 0 amide bonds. The molecule has 0 radical (unpaired) electrons. The number of ether oxygens (including phenoxy) is 1. The molecule has 0 unspecified atom stereocenters. The molecule has 0 spiro atoms. The van der Waals surface area contributed by atoms with Crippen LogP contribution >= 0.6 is 0 Å². The Hall–Kier alpha value is -1.53. The fourth-order valence-electron chi connectivity index (χ4n) is 1.43. The van der Waals surface area contributed by atoms with Gasteiger partial charge in [0.15, 0.2) is 0 Å². The highest BCUT2D eigenvalue weighted by Crippen LogP contribution is 2.25. The monoisotopic (exact) mass is 270 g/mol. The standard InChI is InChI=1S/C12H18N2O3S/c1-3-4-5-8-14-18(15,16)12-9-10(13)6-7-11(12)17-2/h3,6-7,9,14H,1,4-5,8,13H2,2H3. The number of methoxy groups -OCH3 is 1. The predicted molar refractivity (Wildman–Crippen MR) is 72.0 cm³/mol. The summed E-state index contributed by atoms with van der Waals surface area (Å²) in [5.41, 5.74) is 5.97. The third-order valence-electron chi connectivity index (χ3n) is 2.35. The van der Waals surface area contributed by atoms with Crippen LogP contribution in [0.25, 0.3) is 0 Å². The van der Waals surface area contributed by atoms with Crippen LogP contribution < -0.4 is 15.2 Å². The van der Waals surface area contributed by atoms with E-state index >= 15 is 0 Å². The van der Waals surface area contributed by atoms with Gasteiger partial charge in [-0.2, -0.15) is 0 Å². The molecule has 1 aromatic carbocycles. The van der Waals surface area contributed by atoms with Gasteiger partial charge in [-0.05, 0) is 31.0 Å². The molecule has 0 aliphatic carbocycles. The van der Waals surface area contributed by atoms with Crippen molar-refractivity contribution in [1.29, 1.82) is 0 Å². The number of hydrogen-bond acceptors (Lipinski definition) is 4. The average Bonchev–Trinajstić information content (AvgIpc) is 2.35. The lowest BCUT2D eigenvalue weighted by molar-refractivity contribution is 0.402. The number of hydrogen-bond donors (Lipinski definition) is 2. The molecular formula is C12H18N2O3S. The lowest BCUT2D eigenvalue weighted by Gasteiger charge is -2.11. The van der Waals surface area contributed by atoms with Gasteiger partial charge in [-0.3, -0.25) is 0 Å². The summed E-state index contributed by atoms with van der Waals surface area (Å²) in [6.07, 6.45) is 3.21. The first-order chi connectivity index (χ1) is 8.51. The van der Waals surface area contributed by atoms with Crippen molar-refractivity contribution in [2.75, 3.05) is 19.4 Å². The largest absolute Gasteiger partial charge is 0.495 e. The van der Waals surface area contributed by atoms with E-state index in [9.17, 15) is 8.42 Å². The van der Waals surface area contributed by atoms with E-state index < -0.39 is 10.0 Å². The zero-order chi connectivity index (χ0) is 13.6. The van der Waals surface area contributed by atoms with Gasteiger partial charge in [-0.25, -0.2) is 13.1 Å². The third-order valence-corrected chi connectivity index (χ3v) is 3.84. The summed E-state index contributed by atoms with van der Waals surface area (Å²) in [6.45, 7) is 3.93. The summed E-state index contributed by atoms with van der Waals surface area (Å²) in [5, 5.41) is 0. The number of sulfonamides is 1. The topological polar surface area (TPSA) is 81.4 Å². The molecule has 18 heavy (non-hydrogen) atoms. The molecule has 1 aromatic rings. The van der Waals surface area contributed by atoms with Crippen molar-refractivity contribution < 1.29 is 13.2 Å².